The maximum absolute atomic E-state index is 4.81. The van der Waals surface area contributed by atoms with Crippen LogP contribution in [0, 0.1) is 0 Å². The molecule has 0 bridgehead atoms. The van der Waals surface area contributed by atoms with Crippen LogP contribution in [0.5, 0.6) is 0 Å². The third-order valence-electron chi connectivity index (χ3n) is 3.19. The van der Waals surface area contributed by atoms with Crippen molar-refractivity contribution in [3.05, 3.63) is 48.2 Å². The predicted octanol–water partition coefficient (Wildman–Crippen LogP) is 4.91. The van der Waals surface area contributed by atoms with Gasteiger partial charge in [0.25, 0.3) is 0 Å². The van der Waals surface area contributed by atoms with E-state index in [0.29, 0.717) is 6.04 Å². The third-order valence-corrected chi connectivity index (χ3v) is 3.19. The molecule has 2 heteroatoms. The zero-order valence-corrected chi connectivity index (χ0v) is 12.7. The minimum atomic E-state index is 0.431. The molecule has 0 aliphatic rings. The summed E-state index contributed by atoms with van der Waals surface area (Å²) < 4.78 is 0. The third kappa shape index (κ3) is 4.09. The number of nitrogens with zero attached hydrogens (tertiary/aromatic N) is 1. The van der Waals surface area contributed by atoms with E-state index < -0.39 is 0 Å². The van der Waals surface area contributed by atoms with Crippen molar-refractivity contribution < 1.29 is 0 Å². The van der Waals surface area contributed by atoms with Gasteiger partial charge in [-0.3, -0.25) is 4.98 Å². The molecule has 0 fully saturated rings. The molecule has 0 saturated carbocycles. The average molecular weight is 268 g/mol. The first kappa shape index (κ1) is 14.6. The van der Waals surface area contributed by atoms with Gasteiger partial charge in [0, 0.05) is 23.0 Å². The van der Waals surface area contributed by atoms with Gasteiger partial charge >= 0.3 is 0 Å². The largest absolute Gasteiger partial charge is 0.383 e. The smallest absolute Gasteiger partial charge is 0.0725 e. The van der Waals surface area contributed by atoms with Crippen molar-refractivity contribution in [1.29, 1.82) is 0 Å². The summed E-state index contributed by atoms with van der Waals surface area (Å²) in [6, 6.07) is 15.2. The van der Waals surface area contributed by atoms with Gasteiger partial charge in [-0.1, -0.05) is 43.7 Å². The number of unbranched alkanes of at least 4 members (excludes halogenated alkanes) is 1. The SMILES string of the molecule is CCCCc1cc(NC(C)C)cc(-c2ccccc2)n1. The monoisotopic (exact) mass is 268 g/mol. The zero-order valence-electron chi connectivity index (χ0n) is 12.7. The van der Waals surface area contributed by atoms with Crippen LogP contribution in [0.4, 0.5) is 5.69 Å². The Balaban J connectivity index is 2.34. The summed E-state index contributed by atoms with van der Waals surface area (Å²) >= 11 is 0. The van der Waals surface area contributed by atoms with E-state index in [2.05, 4.69) is 62.5 Å². The fraction of sp³-hybridized carbons (Fsp3) is 0.389. The summed E-state index contributed by atoms with van der Waals surface area (Å²) in [6.07, 6.45) is 3.43. The summed E-state index contributed by atoms with van der Waals surface area (Å²) in [5.41, 5.74) is 4.58. The van der Waals surface area contributed by atoms with Crippen LogP contribution < -0.4 is 5.32 Å². The fourth-order valence-electron chi connectivity index (χ4n) is 2.25. The number of anilines is 1. The number of pyridine rings is 1. The number of rotatable bonds is 6. The Kier molecular flexibility index (Phi) is 5.16. The molecule has 1 aromatic carbocycles. The zero-order chi connectivity index (χ0) is 14.4. The highest BCUT2D eigenvalue weighted by molar-refractivity contribution is 5.64. The number of aromatic nitrogens is 1. The van der Waals surface area contributed by atoms with Crippen molar-refractivity contribution in [3.63, 3.8) is 0 Å². The topological polar surface area (TPSA) is 24.9 Å². The molecule has 2 nitrogen and oxygen atoms in total. The number of hydrogen-bond donors (Lipinski definition) is 1. The van der Waals surface area contributed by atoms with Crippen LogP contribution in [-0.2, 0) is 6.42 Å². The van der Waals surface area contributed by atoms with Crippen LogP contribution in [0.2, 0.25) is 0 Å². The second-order valence-corrected chi connectivity index (χ2v) is 5.50. The summed E-state index contributed by atoms with van der Waals surface area (Å²) in [5.74, 6) is 0. The molecule has 0 atom stereocenters. The van der Waals surface area contributed by atoms with Crippen molar-refractivity contribution in [2.75, 3.05) is 5.32 Å². The van der Waals surface area contributed by atoms with Gasteiger partial charge in [-0.15, -0.1) is 0 Å². The molecule has 1 aromatic heterocycles. The van der Waals surface area contributed by atoms with Gasteiger partial charge in [0.05, 0.1) is 5.69 Å². The van der Waals surface area contributed by atoms with Crippen LogP contribution >= 0.6 is 0 Å². The lowest BCUT2D eigenvalue weighted by Gasteiger charge is -2.13. The first-order valence-corrected chi connectivity index (χ1v) is 7.52. The van der Waals surface area contributed by atoms with Crippen molar-refractivity contribution in [3.8, 4) is 11.3 Å². The molecule has 1 heterocycles. The number of benzene rings is 1. The number of aryl methyl sites for hydroxylation is 1. The molecule has 20 heavy (non-hydrogen) atoms. The molecule has 0 aliphatic carbocycles. The van der Waals surface area contributed by atoms with Gasteiger partial charge < -0.3 is 5.32 Å². The maximum atomic E-state index is 4.81. The summed E-state index contributed by atoms with van der Waals surface area (Å²) in [7, 11) is 0. The van der Waals surface area contributed by atoms with Crippen LogP contribution in [0.1, 0.15) is 39.3 Å². The Morgan fingerprint density at radius 2 is 1.85 bits per heavy atom. The Morgan fingerprint density at radius 3 is 2.50 bits per heavy atom. The van der Waals surface area contributed by atoms with Gasteiger partial charge in [0.15, 0.2) is 0 Å². The first-order valence-electron chi connectivity index (χ1n) is 7.52. The molecule has 2 rings (SSSR count). The maximum Gasteiger partial charge on any atom is 0.0725 e. The lowest BCUT2D eigenvalue weighted by molar-refractivity contribution is 0.777. The number of hydrogen-bond acceptors (Lipinski definition) is 2. The molecule has 1 N–H and O–H groups in total. The molecular weight excluding hydrogens is 244 g/mol. The van der Waals surface area contributed by atoms with E-state index in [0.717, 1.165) is 12.1 Å². The minimum absolute atomic E-state index is 0.431. The van der Waals surface area contributed by atoms with Gasteiger partial charge in [-0.05, 0) is 38.8 Å². The van der Waals surface area contributed by atoms with E-state index in [4.69, 9.17) is 4.98 Å². The molecule has 106 valence electrons. The highest BCUT2D eigenvalue weighted by atomic mass is 14.9. The van der Waals surface area contributed by atoms with Crippen molar-refractivity contribution in [2.45, 2.75) is 46.1 Å². The van der Waals surface area contributed by atoms with Crippen LogP contribution in [0.25, 0.3) is 11.3 Å². The quantitative estimate of drug-likeness (QED) is 0.805. The standard InChI is InChI=1S/C18H24N2/c1-4-5-11-16-12-17(19-14(2)3)13-18(20-16)15-9-7-6-8-10-15/h6-10,12-14H,4-5,11H2,1-3H3,(H,19,20). The second kappa shape index (κ2) is 7.09. The molecule has 0 spiro atoms. The lowest BCUT2D eigenvalue weighted by Crippen LogP contribution is -2.10. The van der Waals surface area contributed by atoms with E-state index in [-0.39, 0.29) is 0 Å². The van der Waals surface area contributed by atoms with E-state index in [1.165, 1.54) is 29.8 Å². The van der Waals surface area contributed by atoms with Crippen molar-refractivity contribution >= 4 is 5.69 Å². The fourth-order valence-corrected chi connectivity index (χ4v) is 2.25. The second-order valence-electron chi connectivity index (χ2n) is 5.50. The molecular formula is C18H24N2. The van der Waals surface area contributed by atoms with Gasteiger partial charge in [-0.2, -0.15) is 0 Å². The van der Waals surface area contributed by atoms with E-state index in [9.17, 15) is 0 Å². The molecule has 0 amide bonds. The average Bonchev–Trinajstić information content (AvgIpc) is 2.45. The van der Waals surface area contributed by atoms with E-state index in [1.54, 1.807) is 0 Å². The molecule has 2 aromatic rings. The Morgan fingerprint density at radius 1 is 1.10 bits per heavy atom. The molecule has 0 aliphatic heterocycles. The highest BCUT2D eigenvalue weighted by Crippen LogP contribution is 2.23. The van der Waals surface area contributed by atoms with E-state index in [1.807, 2.05) is 6.07 Å². The van der Waals surface area contributed by atoms with Gasteiger partial charge in [-0.25, -0.2) is 0 Å². The predicted molar refractivity (Wildman–Crippen MR) is 87.0 cm³/mol. The highest BCUT2D eigenvalue weighted by Gasteiger charge is 2.06. The molecule has 0 radical (unpaired) electrons. The van der Waals surface area contributed by atoms with Crippen LogP contribution in [0.15, 0.2) is 42.5 Å². The Bertz CT molecular complexity index is 532. The van der Waals surface area contributed by atoms with E-state index >= 15 is 0 Å². The summed E-state index contributed by atoms with van der Waals surface area (Å²) in [5, 5.41) is 3.49. The van der Waals surface area contributed by atoms with Gasteiger partial charge in [0.2, 0.25) is 0 Å². The first-order chi connectivity index (χ1) is 9.69. The number of nitrogens with one attached hydrogen (secondary N) is 1. The summed E-state index contributed by atoms with van der Waals surface area (Å²) in [6.45, 7) is 6.54. The Hall–Kier alpha value is -1.83. The normalized spacial score (nSPS) is 10.8. The lowest BCUT2D eigenvalue weighted by atomic mass is 10.1. The minimum Gasteiger partial charge on any atom is -0.383 e. The van der Waals surface area contributed by atoms with Gasteiger partial charge in [0.1, 0.15) is 0 Å². The van der Waals surface area contributed by atoms with Crippen LogP contribution in [0.3, 0.4) is 0 Å². The summed E-state index contributed by atoms with van der Waals surface area (Å²) in [4.78, 5) is 4.81. The molecule has 0 saturated heterocycles. The Labute approximate surface area is 122 Å². The van der Waals surface area contributed by atoms with Crippen molar-refractivity contribution in [1.82, 2.24) is 4.98 Å². The van der Waals surface area contributed by atoms with Crippen molar-refractivity contribution in [2.24, 2.45) is 0 Å². The molecule has 0 unspecified atom stereocenters. The van der Waals surface area contributed by atoms with Crippen LogP contribution in [-0.4, -0.2) is 11.0 Å².